The van der Waals surface area contributed by atoms with Crippen molar-refractivity contribution in [2.24, 2.45) is 0 Å². The molecule has 0 aliphatic heterocycles. The van der Waals surface area contributed by atoms with Crippen molar-refractivity contribution in [2.75, 3.05) is 12.5 Å². The summed E-state index contributed by atoms with van der Waals surface area (Å²) in [5.41, 5.74) is 1.55. The van der Waals surface area contributed by atoms with Crippen LogP contribution in [0.3, 0.4) is 0 Å². The molecule has 0 aliphatic carbocycles. The Hall–Kier alpha value is -3.07. The molecule has 0 bridgehead atoms. The number of esters is 1. The van der Waals surface area contributed by atoms with E-state index >= 15 is 0 Å². The van der Waals surface area contributed by atoms with Gasteiger partial charge in [-0.2, -0.15) is 18.6 Å². The van der Waals surface area contributed by atoms with E-state index in [1.165, 1.54) is 30.3 Å². The first kappa shape index (κ1) is 20.2. The number of ether oxygens (including phenoxy) is 1. The first-order valence-electron chi connectivity index (χ1n) is 7.82. The molecule has 0 unspecified atom stereocenters. The number of hydrogen-bond donors (Lipinski definition) is 3. The first-order chi connectivity index (χ1) is 12.7. The van der Waals surface area contributed by atoms with Gasteiger partial charge in [-0.15, -0.1) is 0 Å². The monoisotopic (exact) mass is 381 g/mol. The summed E-state index contributed by atoms with van der Waals surface area (Å²) in [7, 11) is 0.797. The number of halogens is 3. The second-order valence-corrected chi connectivity index (χ2v) is 5.68. The Bertz CT molecular complexity index is 812. The Kier molecular flexibility index (Phi) is 6.06. The van der Waals surface area contributed by atoms with Crippen LogP contribution in [0.1, 0.15) is 15.9 Å². The number of carbonyl (C=O) groups excluding carboxylic acids is 2. The summed E-state index contributed by atoms with van der Waals surface area (Å²) in [6.07, 6.45) is -5.21. The van der Waals surface area contributed by atoms with Gasteiger partial charge in [-0.3, -0.25) is 4.79 Å². The largest absolute Gasteiger partial charge is 0.466 e. The summed E-state index contributed by atoms with van der Waals surface area (Å²) in [6, 6.07) is 13.7. The summed E-state index contributed by atoms with van der Waals surface area (Å²) in [6.45, 7) is 1.68. The van der Waals surface area contributed by atoms with Crippen molar-refractivity contribution in [3.8, 4) is 0 Å². The van der Waals surface area contributed by atoms with E-state index in [0.29, 0.717) is 5.56 Å². The second-order valence-electron chi connectivity index (χ2n) is 5.68. The quantitative estimate of drug-likeness (QED) is 0.407. The van der Waals surface area contributed by atoms with Gasteiger partial charge in [0.2, 0.25) is 0 Å². The molecule has 2 rings (SSSR count). The smallest absolute Gasteiger partial charge is 0.438 e. The van der Waals surface area contributed by atoms with Crippen LogP contribution in [0.2, 0.25) is 0 Å². The van der Waals surface area contributed by atoms with Crippen LogP contribution in [0.4, 0.5) is 18.9 Å². The highest BCUT2D eigenvalue weighted by Crippen LogP contribution is 2.30. The number of alkyl halides is 3. The lowest BCUT2D eigenvalue weighted by Crippen LogP contribution is -2.73. The molecule has 0 saturated carbocycles. The van der Waals surface area contributed by atoms with Gasteiger partial charge in [0.05, 0.1) is 7.11 Å². The fourth-order valence-corrected chi connectivity index (χ4v) is 2.26. The number of carbonyl (C=O) groups is 2. The number of rotatable bonds is 6. The highest BCUT2D eigenvalue weighted by atomic mass is 19.4. The number of aryl methyl sites for hydroxylation is 1. The molecule has 0 heterocycles. The molecule has 2 aromatic carbocycles. The number of amides is 1. The number of nitrogens with one attached hydrogen (secondary N) is 3. The minimum atomic E-state index is -5.21. The van der Waals surface area contributed by atoms with Gasteiger partial charge >= 0.3 is 17.8 Å². The SMILES string of the molecule is COC(=O)[C@](NNc1ccccc1)(NC(=O)c1cccc(C)c1)C(F)(F)F. The predicted octanol–water partition coefficient (Wildman–Crippen LogP) is 2.77. The van der Waals surface area contributed by atoms with Crippen molar-refractivity contribution in [1.82, 2.24) is 10.7 Å². The van der Waals surface area contributed by atoms with Gasteiger partial charge in [-0.05, 0) is 31.2 Å². The van der Waals surface area contributed by atoms with Gasteiger partial charge in [0, 0.05) is 11.3 Å². The first-order valence-corrected chi connectivity index (χ1v) is 7.82. The van der Waals surface area contributed by atoms with Crippen molar-refractivity contribution in [3.05, 3.63) is 65.7 Å². The van der Waals surface area contributed by atoms with Crippen molar-refractivity contribution >= 4 is 17.6 Å². The van der Waals surface area contributed by atoms with Gasteiger partial charge in [0.15, 0.2) is 0 Å². The molecular weight excluding hydrogens is 363 g/mol. The molecule has 6 nitrogen and oxygen atoms in total. The highest BCUT2D eigenvalue weighted by molar-refractivity contribution is 5.98. The van der Waals surface area contributed by atoms with Crippen LogP contribution >= 0.6 is 0 Å². The fourth-order valence-electron chi connectivity index (χ4n) is 2.26. The maximum atomic E-state index is 13.9. The van der Waals surface area contributed by atoms with Crippen molar-refractivity contribution in [1.29, 1.82) is 0 Å². The number of methoxy groups -OCH3 is 1. The Morgan fingerprint density at radius 1 is 1.00 bits per heavy atom. The predicted molar refractivity (Wildman–Crippen MR) is 92.6 cm³/mol. The number of benzene rings is 2. The van der Waals surface area contributed by atoms with Crippen molar-refractivity contribution in [3.63, 3.8) is 0 Å². The van der Waals surface area contributed by atoms with E-state index in [4.69, 9.17) is 0 Å². The van der Waals surface area contributed by atoms with E-state index in [0.717, 1.165) is 7.11 Å². The van der Waals surface area contributed by atoms with Gasteiger partial charge in [0.25, 0.3) is 5.91 Å². The fraction of sp³-hybridized carbons (Fsp3) is 0.222. The second kappa shape index (κ2) is 8.09. The minimum absolute atomic E-state index is 0.0333. The molecule has 3 N–H and O–H groups in total. The van der Waals surface area contributed by atoms with Crippen LogP contribution in [-0.2, 0) is 9.53 Å². The minimum Gasteiger partial charge on any atom is -0.466 e. The topological polar surface area (TPSA) is 79.5 Å². The van der Waals surface area contributed by atoms with E-state index in [2.05, 4.69) is 10.2 Å². The molecule has 2 aromatic rings. The highest BCUT2D eigenvalue weighted by Gasteiger charge is 2.63. The van der Waals surface area contributed by atoms with Crippen LogP contribution in [-0.4, -0.2) is 30.8 Å². The molecule has 27 heavy (non-hydrogen) atoms. The lowest BCUT2D eigenvalue weighted by atomic mass is 10.1. The molecule has 0 spiro atoms. The van der Waals surface area contributed by atoms with E-state index in [9.17, 15) is 22.8 Å². The third-order valence-electron chi connectivity index (χ3n) is 3.67. The molecule has 0 fully saturated rings. The average molecular weight is 381 g/mol. The lowest BCUT2D eigenvalue weighted by Gasteiger charge is -2.34. The molecule has 144 valence electrons. The number of hydrazine groups is 1. The zero-order chi connectivity index (χ0) is 20.1. The molecule has 0 saturated heterocycles. The molecule has 1 amide bonds. The van der Waals surface area contributed by atoms with Crippen LogP contribution in [0.5, 0.6) is 0 Å². The molecular formula is C18H18F3N3O3. The van der Waals surface area contributed by atoms with E-state index in [1.54, 1.807) is 36.5 Å². The summed E-state index contributed by atoms with van der Waals surface area (Å²) in [5, 5.41) is 1.72. The molecule has 0 radical (unpaired) electrons. The van der Waals surface area contributed by atoms with Gasteiger partial charge in [0.1, 0.15) is 0 Å². The molecule has 9 heteroatoms. The van der Waals surface area contributed by atoms with Crippen molar-refractivity contribution < 1.29 is 27.5 Å². The Morgan fingerprint density at radius 2 is 1.67 bits per heavy atom. The van der Waals surface area contributed by atoms with Crippen LogP contribution < -0.4 is 16.2 Å². The summed E-state index contributed by atoms with van der Waals surface area (Å²) in [5.74, 6) is -2.82. The number of hydrogen-bond acceptors (Lipinski definition) is 5. The molecule has 0 aromatic heterocycles. The lowest BCUT2D eigenvalue weighted by molar-refractivity contribution is -0.215. The Morgan fingerprint density at radius 3 is 2.22 bits per heavy atom. The van der Waals surface area contributed by atoms with E-state index in [1.807, 2.05) is 5.43 Å². The van der Waals surface area contributed by atoms with Crippen LogP contribution in [0.15, 0.2) is 54.6 Å². The zero-order valence-corrected chi connectivity index (χ0v) is 14.6. The summed E-state index contributed by atoms with van der Waals surface area (Å²) in [4.78, 5) is 24.5. The average Bonchev–Trinajstić information content (AvgIpc) is 2.64. The number of para-hydroxylation sites is 1. The van der Waals surface area contributed by atoms with Crippen molar-refractivity contribution in [2.45, 2.75) is 18.8 Å². The summed E-state index contributed by atoms with van der Waals surface area (Å²) >= 11 is 0. The van der Waals surface area contributed by atoms with Gasteiger partial charge < -0.3 is 15.5 Å². The van der Waals surface area contributed by atoms with Crippen LogP contribution in [0, 0.1) is 6.92 Å². The van der Waals surface area contributed by atoms with E-state index in [-0.39, 0.29) is 11.3 Å². The Balaban J connectivity index is 2.38. The van der Waals surface area contributed by atoms with Gasteiger partial charge in [-0.25, -0.2) is 4.79 Å². The third kappa shape index (κ3) is 4.56. The zero-order valence-electron chi connectivity index (χ0n) is 14.6. The molecule has 1 atom stereocenters. The maximum absolute atomic E-state index is 13.9. The normalized spacial score (nSPS) is 13.4. The summed E-state index contributed by atoms with van der Waals surface area (Å²) < 4.78 is 45.9. The molecule has 0 aliphatic rings. The van der Waals surface area contributed by atoms with Gasteiger partial charge in [-0.1, -0.05) is 35.9 Å². The van der Waals surface area contributed by atoms with E-state index < -0.39 is 23.7 Å². The van der Waals surface area contributed by atoms with Crippen LogP contribution in [0.25, 0.3) is 0 Å². The Labute approximate surface area is 153 Å². The maximum Gasteiger partial charge on any atom is 0.438 e. The number of anilines is 1. The third-order valence-corrected chi connectivity index (χ3v) is 3.67. The standard InChI is InChI=1S/C18H18F3N3O3/c1-12-7-6-8-13(11-12)15(25)22-17(16(26)27-2,18(19,20)21)24-23-14-9-4-3-5-10-14/h3-11,23-24H,1-2H3,(H,22,25)/t17-/m1/s1.